The molecule has 19 heavy (non-hydrogen) atoms. The van der Waals surface area contributed by atoms with Gasteiger partial charge in [-0.2, -0.15) is 9.61 Å². The number of hydrogen-bond acceptors (Lipinski definition) is 6. The largest absolute Gasteiger partial charge is 0.480 e. The summed E-state index contributed by atoms with van der Waals surface area (Å²) in [6.45, 7) is 0.185. The van der Waals surface area contributed by atoms with E-state index in [9.17, 15) is 9.59 Å². The number of rotatable bonds is 5. The van der Waals surface area contributed by atoms with Crippen molar-refractivity contribution in [2.45, 2.75) is 6.54 Å². The summed E-state index contributed by atoms with van der Waals surface area (Å²) in [4.78, 5) is 28.6. The first-order valence-corrected chi connectivity index (χ1v) is 6.18. The van der Waals surface area contributed by atoms with Gasteiger partial charge >= 0.3 is 5.97 Å². The maximum Gasteiger partial charge on any atom is 0.317 e. The Morgan fingerprint density at radius 1 is 1.63 bits per heavy atom. The second-order valence-electron chi connectivity index (χ2n) is 3.76. The molecule has 7 nitrogen and oxygen atoms in total. The summed E-state index contributed by atoms with van der Waals surface area (Å²) in [5.74, 6) is 1.40. The fourth-order valence-corrected chi connectivity index (χ4v) is 2.24. The lowest BCUT2D eigenvalue weighted by molar-refractivity contribution is -0.138. The minimum Gasteiger partial charge on any atom is -0.480 e. The van der Waals surface area contributed by atoms with Crippen molar-refractivity contribution in [3.05, 3.63) is 27.6 Å². The molecule has 1 N–H and O–H groups in total. The Hall–Kier alpha value is -2.24. The van der Waals surface area contributed by atoms with Crippen LogP contribution in [0.15, 0.2) is 16.4 Å². The molecule has 0 unspecified atom stereocenters. The van der Waals surface area contributed by atoms with Gasteiger partial charge in [0.2, 0.25) is 4.96 Å². The summed E-state index contributed by atoms with van der Waals surface area (Å²) >= 11 is 1.24. The Labute approximate surface area is 112 Å². The predicted molar refractivity (Wildman–Crippen MR) is 68.9 cm³/mol. The van der Waals surface area contributed by atoms with E-state index in [4.69, 9.17) is 11.5 Å². The summed E-state index contributed by atoms with van der Waals surface area (Å²) in [5.41, 5.74) is 1.70. The highest BCUT2D eigenvalue weighted by Gasteiger charge is 2.12. The lowest BCUT2D eigenvalue weighted by Gasteiger charge is -2.16. The van der Waals surface area contributed by atoms with E-state index in [1.54, 1.807) is 0 Å². The number of hydrogen-bond donors (Lipinski definition) is 1. The molecular formula is C11H10N4O3S. The van der Waals surface area contributed by atoms with Crippen LogP contribution >= 0.6 is 11.3 Å². The number of aromatic nitrogens is 3. The van der Waals surface area contributed by atoms with Gasteiger partial charge in [0.1, 0.15) is 5.51 Å². The van der Waals surface area contributed by atoms with Crippen molar-refractivity contribution >= 4 is 22.3 Å². The van der Waals surface area contributed by atoms with Crippen LogP contribution in [0.1, 0.15) is 5.69 Å². The van der Waals surface area contributed by atoms with Gasteiger partial charge in [0, 0.05) is 12.6 Å². The van der Waals surface area contributed by atoms with Crippen LogP contribution in [0.2, 0.25) is 0 Å². The fourth-order valence-electron chi connectivity index (χ4n) is 1.60. The molecule has 0 aromatic carbocycles. The molecule has 0 atom stereocenters. The summed E-state index contributed by atoms with van der Waals surface area (Å²) in [7, 11) is 0. The molecule has 0 amide bonds. The van der Waals surface area contributed by atoms with Crippen molar-refractivity contribution in [1.82, 2.24) is 19.5 Å². The van der Waals surface area contributed by atoms with Crippen molar-refractivity contribution in [1.29, 1.82) is 0 Å². The molecular weight excluding hydrogens is 268 g/mol. The van der Waals surface area contributed by atoms with E-state index in [2.05, 4.69) is 16.0 Å². The van der Waals surface area contributed by atoms with Crippen LogP contribution in [0.5, 0.6) is 0 Å². The van der Waals surface area contributed by atoms with Gasteiger partial charge in [-0.15, -0.1) is 6.42 Å². The van der Waals surface area contributed by atoms with Crippen LogP contribution in [-0.2, 0) is 11.3 Å². The third-order valence-electron chi connectivity index (χ3n) is 2.30. The van der Waals surface area contributed by atoms with Crippen LogP contribution in [0.3, 0.4) is 0 Å². The van der Waals surface area contributed by atoms with E-state index in [0.717, 1.165) is 0 Å². The number of carboxylic acids is 1. The minimum atomic E-state index is -0.981. The highest BCUT2D eigenvalue weighted by atomic mass is 32.1. The first kappa shape index (κ1) is 13.2. The summed E-state index contributed by atoms with van der Waals surface area (Å²) in [6.07, 6.45) is 5.18. The quantitative estimate of drug-likeness (QED) is 0.754. The number of carbonyl (C=O) groups is 1. The highest BCUT2D eigenvalue weighted by molar-refractivity contribution is 7.14. The SMILES string of the molecule is C#CCN(CC(=O)O)Cc1cc(=O)n2ncsc2n1. The molecule has 0 bridgehead atoms. The molecule has 8 heteroatoms. The third-order valence-corrected chi connectivity index (χ3v) is 2.97. The molecule has 0 saturated carbocycles. The Balaban J connectivity index is 2.25. The molecule has 0 spiro atoms. The van der Waals surface area contributed by atoms with Gasteiger partial charge in [0.25, 0.3) is 5.56 Å². The van der Waals surface area contributed by atoms with Crippen LogP contribution in [0.25, 0.3) is 4.96 Å². The van der Waals surface area contributed by atoms with Gasteiger partial charge < -0.3 is 5.11 Å². The van der Waals surface area contributed by atoms with Gasteiger partial charge in [-0.25, -0.2) is 4.98 Å². The lowest BCUT2D eigenvalue weighted by atomic mass is 10.3. The van der Waals surface area contributed by atoms with Crippen LogP contribution in [0, 0.1) is 12.3 Å². The molecule has 0 aliphatic carbocycles. The third kappa shape index (κ3) is 3.15. The van der Waals surface area contributed by atoms with Crippen molar-refractivity contribution in [3.8, 4) is 12.3 Å². The smallest absolute Gasteiger partial charge is 0.317 e. The van der Waals surface area contributed by atoms with E-state index in [-0.39, 0.29) is 25.2 Å². The lowest BCUT2D eigenvalue weighted by Crippen LogP contribution is -2.30. The van der Waals surface area contributed by atoms with Gasteiger partial charge in [-0.3, -0.25) is 14.5 Å². The zero-order valence-electron chi connectivity index (χ0n) is 9.81. The van der Waals surface area contributed by atoms with Crippen LogP contribution in [-0.4, -0.2) is 43.7 Å². The first-order chi connectivity index (χ1) is 9.10. The Morgan fingerprint density at radius 2 is 2.42 bits per heavy atom. The Kier molecular flexibility index (Phi) is 3.89. The second kappa shape index (κ2) is 5.60. The molecule has 2 heterocycles. The fraction of sp³-hybridized carbons (Fsp3) is 0.273. The van der Waals surface area contributed by atoms with E-state index in [1.807, 2.05) is 0 Å². The summed E-state index contributed by atoms with van der Waals surface area (Å²) < 4.78 is 1.19. The van der Waals surface area contributed by atoms with E-state index in [0.29, 0.717) is 10.7 Å². The van der Waals surface area contributed by atoms with Crippen molar-refractivity contribution in [2.24, 2.45) is 0 Å². The minimum absolute atomic E-state index is 0.177. The summed E-state index contributed by atoms with van der Waals surface area (Å²) in [6, 6.07) is 1.33. The zero-order chi connectivity index (χ0) is 13.8. The van der Waals surface area contributed by atoms with Gasteiger partial charge in [-0.05, 0) is 0 Å². The normalized spacial score (nSPS) is 10.7. The first-order valence-electron chi connectivity index (χ1n) is 5.30. The molecule has 0 aliphatic rings. The average molecular weight is 278 g/mol. The van der Waals surface area contributed by atoms with Crippen molar-refractivity contribution < 1.29 is 9.90 Å². The van der Waals surface area contributed by atoms with Gasteiger partial charge in [0.15, 0.2) is 0 Å². The molecule has 0 fully saturated rings. The monoisotopic (exact) mass is 278 g/mol. The molecule has 0 aliphatic heterocycles. The number of terminal acetylenes is 1. The number of carboxylic acid groups (broad SMARTS) is 1. The second-order valence-corrected chi connectivity index (χ2v) is 4.57. The number of nitrogens with zero attached hydrogens (tertiary/aromatic N) is 4. The molecule has 2 rings (SSSR count). The van der Waals surface area contributed by atoms with E-state index < -0.39 is 5.97 Å². The molecule has 98 valence electrons. The van der Waals surface area contributed by atoms with Crippen molar-refractivity contribution in [2.75, 3.05) is 13.1 Å². The predicted octanol–water partition coefficient (Wildman–Crippen LogP) is -0.329. The molecule has 2 aromatic heterocycles. The Morgan fingerprint density at radius 3 is 3.11 bits per heavy atom. The highest BCUT2D eigenvalue weighted by Crippen LogP contribution is 2.06. The number of fused-ring (bicyclic) bond motifs is 1. The number of aliphatic carboxylic acids is 1. The van der Waals surface area contributed by atoms with Crippen LogP contribution in [0.4, 0.5) is 0 Å². The molecule has 0 radical (unpaired) electrons. The van der Waals surface area contributed by atoms with Gasteiger partial charge in [-0.1, -0.05) is 17.3 Å². The van der Waals surface area contributed by atoms with Gasteiger partial charge in [0.05, 0.1) is 18.8 Å². The average Bonchev–Trinajstić information content (AvgIpc) is 2.77. The van der Waals surface area contributed by atoms with E-state index in [1.165, 1.54) is 32.3 Å². The van der Waals surface area contributed by atoms with E-state index >= 15 is 0 Å². The van der Waals surface area contributed by atoms with Crippen molar-refractivity contribution in [3.63, 3.8) is 0 Å². The Bertz CT molecular complexity index is 700. The molecule has 2 aromatic rings. The molecule has 0 saturated heterocycles. The van der Waals surface area contributed by atoms with Crippen LogP contribution < -0.4 is 5.56 Å². The maximum absolute atomic E-state index is 11.7. The topological polar surface area (TPSA) is 87.8 Å². The summed E-state index contributed by atoms with van der Waals surface area (Å²) in [5, 5.41) is 12.6. The maximum atomic E-state index is 11.7. The zero-order valence-corrected chi connectivity index (χ0v) is 10.6. The standard InChI is InChI=1S/C11H10N4O3S/c1-2-3-14(6-10(17)18)5-8-4-9(16)15-11(13-8)19-7-12-15/h1,4,7H,3,5-6H2,(H,17,18).